The first-order valence-electron chi connectivity index (χ1n) is 7.30. The van der Waals surface area contributed by atoms with Gasteiger partial charge in [0.15, 0.2) is 0 Å². The number of rotatable bonds is 4. The fraction of sp³-hybridized carbons (Fsp3) is 0.533. The summed E-state index contributed by atoms with van der Waals surface area (Å²) in [6.07, 6.45) is 2.09. The van der Waals surface area contributed by atoms with Crippen molar-refractivity contribution in [2.75, 3.05) is 27.2 Å². The van der Waals surface area contributed by atoms with Crippen molar-refractivity contribution in [3.05, 3.63) is 23.8 Å². The highest BCUT2D eigenvalue weighted by Gasteiger charge is 2.25. The van der Waals surface area contributed by atoms with Crippen LogP contribution >= 0.6 is 0 Å². The summed E-state index contributed by atoms with van der Waals surface area (Å²) in [4.78, 5) is 14.3. The van der Waals surface area contributed by atoms with Gasteiger partial charge in [-0.2, -0.15) is 0 Å². The van der Waals surface area contributed by atoms with Crippen molar-refractivity contribution >= 4 is 15.9 Å². The largest absolute Gasteiger partial charge is 0.495 e. The molecule has 0 bridgehead atoms. The van der Waals surface area contributed by atoms with Crippen LogP contribution in [0.4, 0.5) is 0 Å². The van der Waals surface area contributed by atoms with Gasteiger partial charge in [0.2, 0.25) is 10.0 Å². The third-order valence-electron chi connectivity index (χ3n) is 3.91. The minimum atomic E-state index is -3.68. The molecule has 1 fully saturated rings. The van der Waals surface area contributed by atoms with Crippen LogP contribution in [0.1, 0.15) is 30.1 Å². The number of likely N-dealkylation sites (tertiary alicyclic amines) is 1. The Morgan fingerprint density at radius 1 is 1.41 bits per heavy atom. The van der Waals surface area contributed by atoms with Gasteiger partial charge < -0.3 is 9.64 Å². The van der Waals surface area contributed by atoms with Crippen molar-refractivity contribution in [2.45, 2.75) is 24.7 Å². The number of benzene rings is 1. The van der Waals surface area contributed by atoms with E-state index in [2.05, 4.69) is 11.6 Å². The van der Waals surface area contributed by atoms with E-state index >= 15 is 0 Å². The Labute approximate surface area is 131 Å². The lowest BCUT2D eigenvalue weighted by Crippen LogP contribution is -2.39. The Morgan fingerprint density at radius 2 is 2.14 bits per heavy atom. The number of nitrogens with zero attached hydrogens (tertiary/aromatic N) is 1. The maximum Gasteiger partial charge on any atom is 0.253 e. The highest BCUT2D eigenvalue weighted by molar-refractivity contribution is 7.89. The van der Waals surface area contributed by atoms with Gasteiger partial charge in [-0.3, -0.25) is 4.79 Å². The van der Waals surface area contributed by atoms with Crippen LogP contribution in [0, 0.1) is 5.92 Å². The first kappa shape index (κ1) is 16.8. The van der Waals surface area contributed by atoms with Crippen LogP contribution in [-0.4, -0.2) is 46.5 Å². The van der Waals surface area contributed by atoms with E-state index in [1.165, 1.54) is 26.3 Å². The summed E-state index contributed by atoms with van der Waals surface area (Å²) in [5, 5.41) is 0. The summed E-state index contributed by atoms with van der Waals surface area (Å²) in [5.41, 5.74) is 0.365. The van der Waals surface area contributed by atoms with Gasteiger partial charge in [-0.1, -0.05) is 6.92 Å². The Hall–Kier alpha value is -1.60. The third-order valence-corrected chi connectivity index (χ3v) is 5.35. The second-order valence-electron chi connectivity index (χ2n) is 5.57. The molecule has 0 radical (unpaired) electrons. The summed E-state index contributed by atoms with van der Waals surface area (Å²) < 4.78 is 31.5. The molecule has 1 amide bonds. The summed E-state index contributed by atoms with van der Waals surface area (Å²) in [6, 6.07) is 4.51. The molecule has 1 N–H and O–H groups in total. The minimum absolute atomic E-state index is 0.0200. The van der Waals surface area contributed by atoms with Crippen LogP contribution < -0.4 is 9.46 Å². The molecule has 1 unspecified atom stereocenters. The number of amides is 1. The van der Waals surface area contributed by atoms with Crippen molar-refractivity contribution in [2.24, 2.45) is 5.92 Å². The molecule has 0 saturated carbocycles. The molecule has 1 aliphatic rings. The van der Waals surface area contributed by atoms with Gasteiger partial charge >= 0.3 is 0 Å². The number of hydrogen-bond acceptors (Lipinski definition) is 4. The average molecular weight is 326 g/mol. The first-order chi connectivity index (χ1) is 10.4. The SMILES string of the molecule is CNS(=O)(=O)c1cc(C(=O)N2CCCC(C)C2)ccc1OC. The highest BCUT2D eigenvalue weighted by atomic mass is 32.2. The van der Waals surface area contributed by atoms with E-state index in [1.54, 1.807) is 11.0 Å². The predicted molar refractivity (Wildman–Crippen MR) is 83.5 cm³/mol. The van der Waals surface area contributed by atoms with Gasteiger partial charge in [0.1, 0.15) is 10.6 Å². The molecule has 0 spiro atoms. The number of hydrogen-bond donors (Lipinski definition) is 1. The van der Waals surface area contributed by atoms with E-state index in [0.717, 1.165) is 12.8 Å². The van der Waals surface area contributed by atoms with Crippen molar-refractivity contribution < 1.29 is 17.9 Å². The normalized spacial score (nSPS) is 19.0. The quantitative estimate of drug-likeness (QED) is 0.909. The molecule has 6 nitrogen and oxygen atoms in total. The number of carbonyl (C=O) groups excluding carboxylic acids is 1. The van der Waals surface area contributed by atoms with Gasteiger partial charge in [0.05, 0.1) is 7.11 Å². The molecule has 1 heterocycles. The molecular formula is C15H22N2O4S. The lowest BCUT2D eigenvalue weighted by atomic mass is 9.99. The standard InChI is InChI=1S/C15H22N2O4S/c1-11-5-4-8-17(10-11)15(18)12-6-7-13(21-3)14(9-12)22(19,20)16-2/h6-7,9,11,16H,4-5,8,10H2,1-3H3. The van der Waals surface area contributed by atoms with Crippen molar-refractivity contribution in [3.63, 3.8) is 0 Å². The number of sulfonamides is 1. The van der Waals surface area contributed by atoms with Crippen LogP contribution in [0.3, 0.4) is 0 Å². The summed E-state index contributed by atoms with van der Waals surface area (Å²) in [6.45, 7) is 3.53. The number of ether oxygens (including phenoxy) is 1. The molecule has 1 atom stereocenters. The van der Waals surface area contributed by atoms with E-state index < -0.39 is 10.0 Å². The maximum atomic E-state index is 12.6. The van der Waals surface area contributed by atoms with E-state index in [1.807, 2.05) is 0 Å². The summed E-state index contributed by atoms with van der Waals surface area (Å²) >= 11 is 0. The number of carbonyl (C=O) groups is 1. The van der Waals surface area contributed by atoms with E-state index in [0.29, 0.717) is 24.6 Å². The summed E-state index contributed by atoms with van der Waals surface area (Å²) in [5.74, 6) is 0.552. The van der Waals surface area contributed by atoms with E-state index in [4.69, 9.17) is 4.74 Å². The van der Waals surface area contributed by atoms with Gasteiger partial charge in [-0.05, 0) is 44.0 Å². The maximum absolute atomic E-state index is 12.6. The Bertz CT molecular complexity index is 658. The van der Waals surface area contributed by atoms with Crippen LogP contribution in [0.2, 0.25) is 0 Å². The average Bonchev–Trinajstić information content (AvgIpc) is 2.53. The smallest absolute Gasteiger partial charge is 0.253 e. The highest BCUT2D eigenvalue weighted by Crippen LogP contribution is 2.26. The number of methoxy groups -OCH3 is 1. The van der Waals surface area contributed by atoms with Crippen LogP contribution in [-0.2, 0) is 10.0 Å². The van der Waals surface area contributed by atoms with E-state index in [9.17, 15) is 13.2 Å². The van der Waals surface area contributed by atoms with Crippen molar-refractivity contribution in [1.29, 1.82) is 0 Å². The Balaban J connectivity index is 2.36. The third kappa shape index (κ3) is 3.41. The lowest BCUT2D eigenvalue weighted by molar-refractivity contribution is 0.0682. The molecule has 7 heteroatoms. The second-order valence-corrected chi connectivity index (χ2v) is 7.43. The zero-order valence-corrected chi connectivity index (χ0v) is 13.9. The van der Waals surface area contributed by atoms with Gasteiger partial charge in [-0.15, -0.1) is 0 Å². The topological polar surface area (TPSA) is 75.7 Å². The molecular weight excluding hydrogens is 304 g/mol. The van der Waals surface area contributed by atoms with Crippen molar-refractivity contribution in [3.8, 4) is 5.75 Å². The Kier molecular flexibility index (Phi) is 5.08. The fourth-order valence-electron chi connectivity index (χ4n) is 2.69. The zero-order valence-electron chi connectivity index (χ0n) is 13.1. The fourth-order valence-corrected chi connectivity index (χ4v) is 3.60. The van der Waals surface area contributed by atoms with Crippen molar-refractivity contribution in [1.82, 2.24) is 9.62 Å². The first-order valence-corrected chi connectivity index (χ1v) is 8.78. The van der Waals surface area contributed by atoms with E-state index in [-0.39, 0.29) is 16.6 Å². The Morgan fingerprint density at radius 3 is 2.73 bits per heavy atom. The molecule has 2 rings (SSSR count). The molecule has 1 aromatic rings. The monoisotopic (exact) mass is 326 g/mol. The predicted octanol–water partition coefficient (Wildman–Crippen LogP) is 1.48. The molecule has 122 valence electrons. The molecule has 0 aliphatic carbocycles. The zero-order chi connectivity index (χ0) is 16.3. The summed E-state index contributed by atoms with van der Waals surface area (Å²) in [7, 11) is -0.955. The lowest BCUT2D eigenvalue weighted by Gasteiger charge is -2.31. The molecule has 1 saturated heterocycles. The van der Waals surface area contributed by atoms with Gasteiger partial charge in [0, 0.05) is 18.7 Å². The number of piperidine rings is 1. The number of nitrogens with one attached hydrogen (secondary N) is 1. The molecule has 0 aromatic heterocycles. The van der Waals surface area contributed by atoms with Crippen LogP contribution in [0.25, 0.3) is 0 Å². The van der Waals surface area contributed by atoms with Gasteiger partial charge in [-0.25, -0.2) is 13.1 Å². The second kappa shape index (κ2) is 6.66. The van der Waals surface area contributed by atoms with Gasteiger partial charge in [0.25, 0.3) is 5.91 Å². The van der Waals surface area contributed by atoms with Crippen LogP contribution in [0.15, 0.2) is 23.1 Å². The molecule has 1 aliphatic heterocycles. The molecule has 22 heavy (non-hydrogen) atoms. The molecule has 1 aromatic carbocycles. The minimum Gasteiger partial charge on any atom is -0.495 e. The van der Waals surface area contributed by atoms with Crippen LogP contribution in [0.5, 0.6) is 5.75 Å².